The quantitative estimate of drug-likeness (QED) is 0.744. The highest BCUT2D eigenvalue weighted by atomic mass is 16.6. The number of hydrogen-bond acceptors (Lipinski definition) is 3. The molecule has 0 spiro atoms. The molecule has 0 atom stereocenters. The molecular formula is C11H13N3O. The van der Waals surface area contributed by atoms with Crippen LogP contribution in [0, 0.1) is 6.92 Å². The van der Waals surface area contributed by atoms with Crippen LogP contribution in [0.5, 0.6) is 5.88 Å². The van der Waals surface area contributed by atoms with Crippen LogP contribution in [0.15, 0.2) is 30.3 Å². The van der Waals surface area contributed by atoms with Crippen LogP contribution < -0.4 is 10.7 Å². The molecule has 3 N–H and O–H groups in total. The molecule has 4 heteroatoms. The van der Waals surface area contributed by atoms with Crippen LogP contribution in [0.4, 0.5) is 0 Å². The number of nitrogens with zero attached hydrogens (tertiary/aromatic N) is 1. The average molecular weight is 203 g/mol. The molecule has 0 saturated heterocycles. The lowest BCUT2D eigenvalue weighted by molar-refractivity contribution is 0.317. The first kappa shape index (κ1) is 9.73. The molecule has 0 saturated carbocycles. The highest BCUT2D eigenvalue weighted by Crippen LogP contribution is 2.20. The standard InChI is InChI=1S/C11H13N3O/c1-8-10(11(15-12)14-13-8)7-9-5-3-2-4-6-9/h2-6H,7,12H2,1H3,(H,13,14). The summed E-state index contributed by atoms with van der Waals surface area (Å²) in [6.07, 6.45) is 0.774. The third-order valence-electron chi connectivity index (χ3n) is 2.37. The second-order valence-corrected chi connectivity index (χ2v) is 3.41. The van der Waals surface area contributed by atoms with Crippen molar-refractivity contribution < 1.29 is 4.84 Å². The lowest BCUT2D eigenvalue weighted by atomic mass is 10.1. The van der Waals surface area contributed by atoms with Crippen LogP contribution in [-0.2, 0) is 6.42 Å². The third-order valence-corrected chi connectivity index (χ3v) is 2.37. The van der Waals surface area contributed by atoms with E-state index in [0.29, 0.717) is 5.88 Å². The largest absolute Gasteiger partial charge is 0.389 e. The van der Waals surface area contributed by atoms with Crippen molar-refractivity contribution in [3.63, 3.8) is 0 Å². The molecule has 0 radical (unpaired) electrons. The fourth-order valence-electron chi connectivity index (χ4n) is 1.54. The molecule has 2 aromatic rings. The normalized spacial score (nSPS) is 10.3. The lowest BCUT2D eigenvalue weighted by Gasteiger charge is -2.02. The predicted octanol–water partition coefficient (Wildman–Crippen LogP) is 1.56. The number of aryl methyl sites for hydroxylation is 1. The Morgan fingerprint density at radius 3 is 2.73 bits per heavy atom. The summed E-state index contributed by atoms with van der Waals surface area (Å²) in [5.41, 5.74) is 3.20. The summed E-state index contributed by atoms with van der Waals surface area (Å²) < 4.78 is 0. The second kappa shape index (κ2) is 4.14. The molecule has 1 aromatic carbocycles. The first-order valence-corrected chi connectivity index (χ1v) is 4.75. The summed E-state index contributed by atoms with van der Waals surface area (Å²) in [5.74, 6) is 5.60. The average Bonchev–Trinajstić information content (AvgIpc) is 2.62. The number of aromatic nitrogens is 2. The fraction of sp³-hybridized carbons (Fsp3) is 0.182. The van der Waals surface area contributed by atoms with E-state index in [1.165, 1.54) is 5.56 Å². The van der Waals surface area contributed by atoms with Crippen molar-refractivity contribution in [1.29, 1.82) is 0 Å². The number of nitrogens with two attached hydrogens (primary N) is 1. The molecule has 0 aliphatic rings. The van der Waals surface area contributed by atoms with E-state index in [1.807, 2.05) is 25.1 Å². The molecule has 15 heavy (non-hydrogen) atoms. The summed E-state index contributed by atoms with van der Waals surface area (Å²) >= 11 is 0. The molecular weight excluding hydrogens is 190 g/mol. The van der Waals surface area contributed by atoms with Crippen molar-refractivity contribution in [2.75, 3.05) is 0 Å². The minimum atomic E-state index is 0.469. The lowest BCUT2D eigenvalue weighted by Crippen LogP contribution is -2.04. The number of hydrogen-bond donors (Lipinski definition) is 2. The van der Waals surface area contributed by atoms with Gasteiger partial charge >= 0.3 is 0 Å². The van der Waals surface area contributed by atoms with Gasteiger partial charge in [-0.2, -0.15) is 5.90 Å². The summed E-state index contributed by atoms with van der Waals surface area (Å²) in [4.78, 5) is 4.70. The smallest absolute Gasteiger partial charge is 0.259 e. The maximum Gasteiger partial charge on any atom is 0.259 e. The van der Waals surface area contributed by atoms with Crippen molar-refractivity contribution >= 4 is 0 Å². The third kappa shape index (κ3) is 1.99. The monoisotopic (exact) mass is 203 g/mol. The Morgan fingerprint density at radius 1 is 1.33 bits per heavy atom. The molecule has 2 rings (SSSR count). The topological polar surface area (TPSA) is 63.9 Å². The Kier molecular flexibility index (Phi) is 2.69. The van der Waals surface area contributed by atoms with Crippen molar-refractivity contribution in [3.05, 3.63) is 47.2 Å². The van der Waals surface area contributed by atoms with Crippen LogP contribution >= 0.6 is 0 Å². The van der Waals surface area contributed by atoms with E-state index >= 15 is 0 Å². The highest BCUT2D eigenvalue weighted by Gasteiger charge is 2.11. The van der Waals surface area contributed by atoms with E-state index in [2.05, 4.69) is 22.3 Å². The minimum Gasteiger partial charge on any atom is -0.389 e. The molecule has 78 valence electrons. The van der Waals surface area contributed by atoms with Crippen molar-refractivity contribution in [2.24, 2.45) is 5.90 Å². The minimum absolute atomic E-state index is 0.469. The second-order valence-electron chi connectivity index (χ2n) is 3.41. The van der Waals surface area contributed by atoms with Crippen LogP contribution in [-0.4, -0.2) is 10.2 Å². The van der Waals surface area contributed by atoms with Crippen LogP contribution in [0.2, 0.25) is 0 Å². The first-order valence-electron chi connectivity index (χ1n) is 4.75. The molecule has 1 aromatic heterocycles. The van der Waals surface area contributed by atoms with Crippen LogP contribution in [0.1, 0.15) is 16.8 Å². The van der Waals surface area contributed by atoms with Crippen molar-refractivity contribution in [1.82, 2.24) is 10.2 Å². The Labute approximate surface area is 88.0 Å². The van der Waals surface area contributed by atoms with Gasteiger partial charge in [0.25, 0.3) is 5.88 Å². The molecule has 0 unspecified atom stereocenters. The molecule has 0 amide bonds. The molecule has 0 fully saturated rings. The summed E-state index contributed by atoms with van der Waals surface area (Å²) in [5, 5.41) is 6.81. The molecule has 1 heterocycles. The van der Waals surface area contributed by atoms with Gasteiger partial charge in [0.05, 0.1) is 0 Å². The van der Waals surface area contributed by atoms with Crippen LogP contribution in [0.3, 0.4) is 0 Å². The summed E-state index contributed by atoms with van der Waals surface area (Å²) in [6, 6.07) is 10.1. The maximum absolute atomic E-state index is 5.14. The molecule has 0 aliphatic heterocycles. The fourth-order valence-corrected chi connectivity index (χ4v) is 1.54. The van der Waals surface area contributed by atoms with Gasteiger partial charge in [0.15, 0.2) is 0 Å². The van der Waals surface area contributed by atoms with Crippen LogP contribution in [0.25, 0.3) is 0 Å². The van der Waals surface area contributed by atoms with E-state index in [-0.39, 0.29) is 0 Å². The zero-order valence-corrected chi connectivity index (χ0v) is 8.53. The first-order chi connectivity index (χ1) is 7.31. The van der Waals surface area contributed by atoms with Gasteiger partial charge in [-0.1, -0.05) is 30.3 Å². The van der Waals surface area contributed by atoms with Gasteiger partial charge in [0.2, 0.25) is 0 Å². The van der Waals surface area contributed by atoms with Gasteiger partial charge in [-0.3, -0.25) is 5.10 Å². The van der Waals surface area contributed by atoms with E-state index in [1.54, 1.807) is 0 Å². The van der Waals surface area contributed by atoms with Crippen molar-refractivity contribution in [2.45, 2.75) is 13.3 Å². The zero-order chi connectivity index (χ0) is 10.7. The maximum atomic E-state index is 5.14. The van der Waals surface area contributed by atoms with Gasteiger partial charge in [0.1, 0.15) is 0 Å². The Balaban J connectivity index is 2.27. The van der Waals surface area contributed by atoms with E-state index < -0.39 is 0 Å². The predicted molar refractivity (Wildman–Crippen MR) is 57.4 cm³/mol. The van der Waals surface area contributed by atoms with E-state index in [0.717, 1.165) is 17.7 Å². The SMILES string of the molecule is Cc1[nH]nc(ON)c1Cc1ccccc1. The van der Waals surface area contributed by atoms with Gasteiger partial charge in [-0.05, 0) is 12.5 Å². The van der Waals surface area contributed by atoms with Crippen molar-refractivity contribution in [3.8, 4) is 5.88 Å². The number of benzene rings is 1. The molecule has 0 aliphatic carbocycles. The Morgan fingerprint density at radius 2 is 2.07 bits per heavy atom. The molecule has 4 nitrogen and oxygen atoms in total. The Bertz CT molecular complexity index is 436. The highest BCUT2D eigenvalue weighted by molar-refractivity contribution is 5.35. The van der Waals surface area contributed by atoms with Gasteiger partial charge in [-0.15, -0.1) is 5.10 Å². The van der Waals surface area contributed by atoms with E-state index in [4.69, 9.17) is 10.7 Å². The van der Waals surface area contributed by atoms with Gasteiger partial charge < -0.3 is 4.84 Å². The van der Waals surface area contributed by atoms with E-state index in [9.17, 15) is 0 Å². The summed E-state index contributed by atoms with van der Waals surface area (Å²) in [7, 11) is 0. The summed E-state index contributed by atoms with van der Waals surface area (Å²) in [6.45, 7) is 1.95. The Hall–Kier alpha value is -1.81. The zero-order valence-electron chi connectivity index (χ0n) is 8.53. The number of aromatic amines is 1. The number of nitrogens with one attached hydrogen (secondary N) is 1. The number of rotatable bonds is 3. The molecule has 0 bridgehead atoms. The number of H-pyrrole nitrogens is 1. The van der Waals surface area contributed by atoms with Gasteiger partial charge in [0, 0.05) is 17.7 Å². The van der Waals surface area contributed by atoms with Gasteiger partial charge in [-0.25, -0.2) is 0 Å².